The first-order valence-corrected chi connectivity index (χ1v) is 9.92. The highest BCUT2D eigenvalue weighted by atomic mass is 35.5. The molecule has 6 nitrogen and oxygen atoms in total. The fourth-order valence-corrected chi connectivity index (χ4v) is 3.05. The van der Waals surface area contributed by atoms with Crippen LogP contribution in [0.4, 0.5) is 11.4 Å². The Morgan fingerprint density at radius 1 is 1.10 bits per heavy atom. The van der Waals surface area contributed by atoms with Gasteiger partial charge in [-0.1, -0.05) is 17.7 Å². The van der Waals surface area contributed by atoms with E-state index >= 15 is 0 Å². The van der Waals surface area contributed by atoms with Crippen molar-refractivity contribution in [1.82, 2.24) is 4.98 Å². The average molecular weight is 426 g/mol. The number of halogens is 1. The van der Waals surface area contributed by atoms with Crippen LogP contribution < -0.4 is 19.7 Å². The molecule has 0 aliphatic heterocycles. The molecule has 3 rings (SSSR count). The molecular weight excluding hydrogens is 402 g/mol. The smallest absolute Gasteiger partial charge is 0.255 e. The first-order valence-electron chi connectivity index (χ1n) is 9.54. The van der Waals surface area contributed by atoms with Crippen LogP contribution >= 0.6 is 11.6 Å². The minimum absolute atomic E-state index is 0.264. The molecule has 0 saturated heterocycles. The molecule has 0 bridgehead atoms. The van der Waals surface area contributed by atoms with Gasteiger partial charge in [-0.2, -0.15) is 0 Å². The fraction of sp³-hybridized carbons (Fsp3) is 0.217. The lowest BCUT2D eigenvalue weighted by Crippen LogP contribution is -2.17. The summed E-state index contributed by atoms with van der Waals surface area (Å²) in [6, 6.07) is 14.3. The van der Waals surface area contributed by atoms with Crippen molar-refractivity contribution in [2.45, 2.75) is 13.5 Å². The van der Waals surface area contributed by atoms with Gasteiger partial charge in [0.15, 0.2) is 11.5 Å². The highest BCUT2D eigenvalue weighted by Crippen LogP contribution is 2.31. The Morgan fingerprint density at radius 2 is 1.93 bits per heavy atom. The first-order chi connectivity index (χ1) is 14.5. The number of nitrogens with zero attached hydrogens (tertiary/aromatic N) is 2. The number of carbonyl (C=O) groups is 1. The molecule has 0 saturated carbocycles. The molecule has 0 spiro atoms. The maximum absolute atomic E-state index is 12.9. The van der Waals surface area contributed by atoms with Crippen molar-refractivity contribution in [2.75, 3.05) is 30.9 Å². The average Bonchev–Trinajstić information content (AvgIpc) is 2.73. The summed E-state index contributed by atoms with van der Waals surface area (Å²) in [7, 11) is 3.81. The molecule has 1 amide bonds. The van der Waals surface area contributed by atoms with Crippen LogP contribution in [0.1, 0.15) is 22.8 Å². The molecular formula is C23H24ClN3O3. The molecule has 0 aliphatic rings. The summed E-state index contributed by atoms with van der Waals surface area (Å²) in [6.45, 7) is 2.69. The van der Waals surface area contributed by atoms with Crippen molar-refractivity contribution in [3.8, 4) is 11.5 Å². The standard InChI is InChI=1S/C23H24ClN3O3/c1-4-29-22-12-17(7-10-21(22)30-15-16-6-5-11-25-14-16)23(28)26-19-13-18(24)8-9-20(19)27(2)3/h5-14H,4,15H2,1-3H3,(H,26,28). The molecule has 0 unspecified atom stereocenters. The number of pyridine rings is 1. The van der Waals surface area contributed by atoms with E-state index in [-0.39, 0.29) is 5.91 Å². The summed E-state index contributed by atoms with van der Waals surface area (Å²) in [5.41, 5.74) is 2.89. The van der Waals surface area contributed by atoms with E-state index in [9.17, 15) is 4.79 Å². The summed E-state index contributed by atoms with van der Waals surface area (Å²) in [5.74, 6) is 0.807. The largest absolute Gasteiger partial charge is 0.490 e. The van der Waals surface area contributed by atoms with E-state index in [0.29, 0.717) is 41.0 Å². The van der Waals surface area contributed by atoms with Crippen LogP contribution in [0.15, 0.2) is 60.9 Å². The minimum atomic E-state index is -0.264. The van der Waals surface area contributed by atoms with Crippen molar-refractivity contribution >= 4 is 28.9 Å². The number of hydrogen-bond donors (Lipinski definition) is 1. The Morgan fingerprint density at radius 3 is 2.63 bits per heavy atom. The third kappa shape index (κ3) is 5.42. The molecule has 3 aromatic rings. The Kier molecular flexibility index (Phi) is 7.14. The van der Waals surface area contributed by atoms with Crippen molar-refractivity contribution in [2.24, 2.45) is 0 Å². The molecule has 156 valence electrons. The van der Waals surface area contributed by atoms with E-state index in [4.69, 9.17) is 21.1 Å². The number of benzene rings is 2. The number of nitrogens with one attached hydrogen (secondary N) is 1. The number of rotatable bonds is 8. The molecule has 0 fully saturated rings. The lowest BCUT2D eigenvalue weighted by atomic mass is 10.1. The normalized spacial score (nSPS) is 10.4. The summed E-state index contributed by atoms with van der Waals surface area (Å²) in [4.78, 5) is 18.9. The number of carbonyl (C=O) groups excluding carboxylic acids is 1. The predicted octanol–water partition coefficient (Wildman–Crippen LogP) is 5.03. The quantitative estimate of drug-likeness (QED) is 0.548. The minimum Gasteiger partial charge on any atom is -0.490 e. The van der Waals surface area contributed by atoms with E-state index in [1.165, 1.54) is 0 Å². The number of amides is 1. The van der Waals surface area contributed by atoms with Gasteiger partial charge in [-0.15, -0.1) is 0 Å². The maximum atomic E-state index is 12.9. The van der Waals surface area contributed by atoms with Crippen molar-refractivity contribution in [1.29, 1.82) is 0 Å². The van der Waals surface area contributed by atoms with Gasteiger partial charge in [0.05, 0.1) is 18.0 Å². The second-order valence-corrected chi connectivity index (χ2v) is 7.19. The highest BCUT2D eigenvalue weighted by Gasteiger charge is 2.15. The summed E-state index contributed by atoms with van der Waals surface area (Å²) < 4.78 is 11.6. The second kappa shape index (κ2) is 9.98. The Labute approximate surface area is 181 Å². The van der Waals surface area contributed by atoms with Crippen molar-refractivity contribution in [3.63, 3.8) is 0 Å². The molecule has 1 aromatic heterocycles. The molecule has 30 heavy (non-hydrogen) atoms. The van der Waals surface area contributed by atoms with Gasteiger partial charge in [0.25, 0.3) is 5.91 Å². The van der Waals surface area contributed by atoms with E-state index < -0.39 is 0 Å². The van der Waals surface area contributed by atoms with Crippen LogP contribution in [0, 0.1) is 0 Å². The molecule has 7 heteroatoms. The molecule has 1 N–H and O–H groups in total. The van der Waals surface area contributed by atoms with E-state index in [1.807, 2.05) is 44.1 Å². The number of ether oxygens (including phenoxy) is 2. The Balaban J connectivity index is 1.80. The predicted molar refractivity (Wildman–Crippen MR) is 120 cm³/mol. The van der Waals surface area contributed by atoms with Crippen LogP contribution in [0.2, 0.25) is 5.02 Å². The summed E-state index contributed by atoms with van der Waals surface area (Å²) in [5, 5.41) is 3.47. The molecule has 1 heterocycles. The monoisotopic (exact) mass is 425 g/mol. The van der Waals surface area contributed by atoms with E-state index in [2.05, 4.69) is 10.3 Å². The third-order valence-electron chi connectivity index (χ3n) is 4.31. The lowest BCUT2D eigenvalue weighted by Gasteiger charge is -2.18. The third-order valence-corrected chi connectivity index (χ3v) is 4.55. The SMILES string of the molecule is CCOc1cc(C(=O)Nc2cc(Cl)ccc2N(C)C)ccc1OCc1cccnc1. The summed E-state index contributed by atoms with van der Waals surface area (Å²) in [6.07, 6.45) is 3.46. The topological polar surface area (TPSA) is 63.7 Å². The van der Waals surface area contributed by atoms with Crippen molar-refractivity contribution in [3.05, 3.63) is 77.1 Å². The molecule has 0 aliphatic carbocycles. The van der Waals surface area contributed by atoms with Crippen molar-refractivity contribution < 1.29 is 14.3 Å². The zero-order valence-corrected chi connectivity index (χ0v) is 17.9. The van der Waals surface area contributed by atoms with E-state index in [0.717, 1.165) is 11.3 Å². The zero-order valence-electron chi connectivity index (χ0n) is 17.2. The van der Waals surface area contributed by atoms with Gasteiger partial charge in [-0.05, 0) is 49.4 Å². The fourth-order valence-electron chi connectivity index (χ4n) is 2.87. The second-order valence-electron chi connectivity index (χ2n) is 6.75. The van der Waals surface area contributed by atoms with E-state index in [1.54, 1.807) is 42.7 Å². The first kappa shape index (κ1) is 21.5. The van der Waals surface area contributed by atoms with Gasteiger partial charge < -0.3 is 19.7 Å². The summed E-state index contributed by atoms with van der Waals surface area (Å²) >= 11 is 6.11. The number of aromatic nitrogens is 1. The Hall–Kier alpha value is -3.25. The van der Waals surface area contributed by atoms with Crippen LogP contribution in [-0.4, -0.2) is 31.6 Å². The highest BCUT2D eigenvalue weighted by molar-refractivity contribution is 6.31. The maximum Gasteiger partial charge on any atom is 0.255 e. The molecule has 0 radical (unpaired) electrons. The molecule has 0 atom stereocenters. The lowest BCUT2D eigenvalue weighted by molar-refractivity contribution is 0.102. The van der Waals surface area contributed by atoms with Gasteiger partial charge >= 0.3 is 0 Å². The van der Waals surface area contributed by atoms with Gasteiger partial charge in [0, 0.05) is 42.6 Å². The van der Waals surface area contributed by atoms with Gasteiger partial charge in [0.1, 0.15) is 6.61 Å². The van der Waals surface area contributed by atoms with Gasteiger partial charge in [0.2, 0.25) is 0 Å². The van der Waals surface area contributed by atoms with Gasteiger partial charge in [-0.3, -0.25) is 9.78 Å². The molecule has 2 aromatic carbocycles. The van der Waals surface area contributed by atoms with Crippen LogP contribution in [0.3, 0.4) is 0 Å². The zero-order chi connectivity index (χ0) is 21.5. The van der Waals surface area contributed by atoms with Gasteiger partial charge in [-0.25, -0.2) is 0 Å². The van der Waals surface area contributed by atoms with Crippen LogP contribution in [0.25, 0.3) is 0 Å². The van der Waals surface area contributed by atoms with Crippen LogP contribution in [-0.2, 0) is 6.61 Å². The van der Waals surface area contributed by atoms with Crippen LogP contribution in [0.5, 0.6) is 11.5 Å². The Bertz CT molecular complexity index is 1010. The number of anilines is 2. The number of hydrogen-bond acceptors (Lipinski definition) is 5.